The maximum absolute atomic E-state index is 6.07. The summed E-state index contributed by atoms with van der Waals surface area (Å²) < 4.78 is 5.02. The minimum atomic E-state index is 0.118. The molecule has 1 heterocycles. The zero-order chi connectivity index (χ0) is 11.8. The number of unbranched alkanes of at least 4 members (excludes halogenated alkanes) is 1. The van der Waals surface area contributed by atoms with E-state index in [2.05, 4.69) is 17.3 Å². The molecule has 2 N–H and O–H groups in total. The molecule has 0 radical (unpaired) electrons. The second-order valence-electron chi connectivity index (χ2n) is 4.01. The van der Waals surface area contributed by atoms with Crippen molar-refractivity contribution in [2.45, 2.75) is 45.1 Å². The van der Waals surface area contributed by atoms with E-state index in [1.54, 1.807) is 18.4 Å². The molecule has 0 aromatic carbocycles. The Labute approximate surface area is 102 Å². The summed E-state index contributed by atoms with van der Waals surface area (Å²) >= 11 is 1.72. The van der Waals surface area contributed by atoms with Gasteiger partial charge in [0, 0.05) is 31.6 Å². The summed E-state index contributed by atoms with van der Waals surface area (Å²) in [6.07, 6.45) is 5.45. The van der Waals surface area contributed by atoms with Crippen molar-refractivity contribution in [3.63, 3.8) is 0 Å². The molecule has 1 unspecified atom stereocenters. The molecule has 0 bridgehead atoms. The Morgan fingerprint density at radius 3 is 3.00 bits per heavy atom. The lowest BCUT2D eigenvalue weighted by Gasteiger charge is -2.06. The molecule has 1 rings (SSSR count). The van der Waals surface area contributed by atoms with Crippen LogP contribution in [0.4, 0.5) is 0 Å². The highest BCUT2D eigenvalue weighted by atomic mass is 32.1. The number of methoxy groups -OCH3 is 1. The second-order valence-corrected chi connectivity index (χ2v) is 4.95. The van der Waals surface area contributed by atoms with Crippen molar-refractivity contribution in [3.8, 4) is 0 Å². The molecule has 1 atom stereocenters. The van der Waals surface area contributed by atoms with E-state index in [9.17, 15) is 0 Å². The summed E-state index contributed by atoms with van der Waals surface area (Å²) in [6.45, 7) is 2.99. The van der Waals surface area contributed by atoms with Crippen molar-refractivity contribution in [2.75, 3.05) is 13.7 Å². The number of nitrogens with two attached hydrogens (primary N) is 1. The number of aromatic nitrogens is 1. The first-order chi connectivity index (χ1) is 7.77. The molecule has 0 aliphatic rings. The van der Waals surface area contributed by atoms with E-state index in [1.165, 1.54) is 17.8 Å². The minimum absolute atomic E-state index is 0.118. The van der Waals surface area contributed by atoms with E-state index in [0.29, 0.717) is 0 Å². The van der Waals surface area contributed by atoms with E-state index in [1.807, 2.05) is 0 Å². The molecule has 1 aromatic heterocycles. The third-order valence-corrected chi connectivity index (χ3v) is 3.48. The summed E-state index contributed by atoms with van der Waals surface area (Å²) in [5, 5.41) is 3.28. The lowest BCUT2D eigenvalue weighted by atomic mass is 10.1. The summed E-state index contributed by atoms with van der Waals surface area (Å²) in [7, 11) is 1.73. The van der Waals surface area contributed by atoms with Gasteiger partial charge in [0.25, 0.3) is 0 Å². The summed E-state index contributed by atoms with van der Waals surface area (Å²) in [6, 6.07) is 0.118. The molecule has 3 nitrogen and oxygen atoms in total. The molecule has 0 amide bonds. The Morgan fingerprint density at radius 1 is 1.50 bits per heavy atom. The van der Waals surface area contributed by atoms with Crippen molar-refractivity contribution in [1.82, 2.24) is 4.98 Å². The van der Waals surface area contributed by atoms with Crippen LogP contribution in [0.15, 0.2) is 5.38 Å². The maximum Gasteiger partial charge on any atom is 0.0929 e. The molecule has 0 saturated heterocycles. The number of hydrogen-bond donors (Lipinski definition) is 1. The Hall–Kier alpha value is -0.450. The monoisotopic (exact) mass is 242 g/mol. The highest BCUT2D eigenvalue weighted by Gasteiger charge is 2.09. The third-order valence-electron chi connectivity index (χ3n) is 2.56. The van der Waals surface area contributed by atoms with Gasteiger partial charge in [-0.1, -0.05) is 19.8 Å². The Kier molecular flexibility index (Phi) is 6.61. The largest absolute Gasteiger partial charge is 0.385 e. The van der Waals surface area contributed by atoms with Gasteiger partial charge in [0.15, 0.2) is 0 Å². The predicted molar refractivity (Wildman–Crippen MR) is 68.8 cm³/mol. The highest BCUT2D eigenvalue weighted by Crippen LogP contribution is 2.20. The van der Waals surface area contributed by atoms with Gasteiger partial charge in [0.05, 0.1) is 10.7 Å². The molecular weight excluding hydrogens is 220 g/mol. The number of nitrogens with zero attached hydrogens (tertiary/aromatic N) is 1. The van der Waals surface area contributed by atoms with Gasteiger partial charge in [-0.25, -0.2) is 4.98 Å². The third kappa shape index (κ3) is 4.60. The topological polar surface area (TPSA) is 48.1 Å². The first-order valence-corrected chi connectivity index (χ1v) is 6.84. The Bertz CT molecular complexity index is 288. The lowest BCUT2D eigenvalue weighted by Crippen LogP contribution is -2.10. The van der Waals surface area contributed by atoms with Crippen LogP contribution in [0.1, 0.15) is 49.4 Å². The summed E-state index contributed by atoms with van der Waals surface area (Å²) in [5.74, 6) is 0. The SMILES string of the molecule is CCCCC(N)c1csc(CCCOC)n1. The van der Waals surface area contributed by atoms with E-state index < -0.39 is 0 Å². The van der Waals surface area contributed by atoms with Crippen LogP contribution in [-0.2, 0) is 11.2 Å². The van der Waals surface area contributed by atoms with Crippen LogP contribution >= 0.6 is 11.3 Å². The molecule has 0 spiro atoms. The van der Waals surface area contributed by atoms with Crippen LogP contribution < -0.4 is 5.73 Å². The molecule has 0 saturated carbocycles. The average molecular weight is 242 g/mol. The molecule has 1 aromatic rings. The molecular formula is C12H22N2OS. The lowest BCUT2D eigenvalue weighted by molar-refractivity contribution is 0.195. The fourth-order valence-electron chi connectivity index (χ4n) is 1.55. The van der Waals surface area contributed by atoms with Crippen molar-refractivity contribution < 1.29 is 4.74 Å². The van der Waals surface area contributed by atoms with Gasteiger partial charge in [-0.3, -0.25) is 0 Å². The minimum Gasteiger partial charge on any atom is -0.385 e. The zero-order valence-electron chi connectivity index (χ0n) is 10.2. The zero-order valence-corrected chi connectivity index (χ0v) is 11.1. The van der Waals surface area contributed by atoms with Gasteiger partial charge in [0.2, 0.25) is 0 Å². The van der Waals surface area contributed by atoms with Crippen LogP contribution in [-0.4, -0.2) is 18.7 Å². The number of ether oxygens (including phenoxy) is 1. The van der Waals surface area contributed by atoms with Crippen molar-refractivity contribution in [3.05, 3.63) is 16.1 Å². The number of thiazole rings is 1. The first kappa shape index (κ1) is 13.6. The molecule has 0 aliphatic carbocycles. The molecule has 92 valence electrons. The van der Waals surface area contributed by atoms with E-state index in [-0.39, 0.29) is 6.04 Å². The van der Waals surface area contributed by atoms with E-state index in [4.69, 9.17) is 10.5 Å². The van der Waals surface area contributed by atoms with Crippen LogP contribution in [0.25, 0.3) is 0 Å². The van der Waals surface area contributed by atoms with Gasteiger partial charge in [0.1, 0.15) is 0 Å². The van der Waals surface area contributed by atoms with Crippen LogP contribution in [0.3, 0.4) is 0 Å². The van der Waals surface area contributed by atoms with Gasteiger partial charge >= 0.3 is 0 Å². The molecule has 0 fully saturated rings. The van der Waals surface area contributed by atoms with Gasteiger partial charge in [-0.05, 0) is 12.8 Å². The predicted octanol–water partition coefficient (Wildman–Crippen LogP) is 2.91. The Balaban J connectivity index is 2.37. The van der Waals surface area contributed by atoms with Crippen LogP contribution in [0.5, 0.6) is 0 Å². The maximum atomic E-state index is 6.07. The summed E-state index contributed by atoms with van der Waals surface area (Å²) in [4.78, 5) is 4.57. The van der Waals surface area contributed by atoms with Gasteiger partial charge in [-0.15, -0.1) is 11.3 Å². The van der Waals surface area contributed by atoms with Gasteiger partial charge in [-0.2, -0.15) is 0 Å². The number of hydrogen-bond acceptors (Lipinski definition) is 4. The first-order valence-electron chi connectivity index (χ1n) is 5.96. The summed E-state index contributed by atoms with van der Waals surface area (Å²) in [5.41, 5.74) is 7.13. The smallest absolute Gasteiger partial charge is 0.0929 e. The molecule has 16 heavy (non-hydrogen) atoms. The molecule has 4 heteroatoms. The standard InChI is InChI=1S/C12H22N2OS/c1-3-4-6-10(13)11-9-16-12(14-11)7-5-8-15-2/h9-10H,3-8,13H2,1-2H3. The fraction of sp³-hybridized carbons (Fsp3) is 0.750. The highest BCUT2D eigenvalue weighted by molar-refractivity contribution is 7.09. The Morgan fingerprint density at radius 2 is 2.31 bits per heavy atom. The number of rotatable bonds is 8. The molecule has 0 aliphatic heterocycles. The van der Waals surface area contributed by atoms with Crippen molar-refractivity contribution in [1.29, 1.82) is 0 Å². The van der Waals surface area contributed by atoms with Crippen molar-refractivity contribution in [2.24, 2.45) is 5.73 Å². The van der Waals surface area contributed by atoms with E-state index in [0.717, 1.165) is 31.6 Å². The number of aryl methyl sites for hydroxylation is 1. The average Bonchev–Trinajstić information content (AvgIpc) is 2.75. The normalized spacial score (nSPS) is 12.9. The quantitative estimate of drug-likeness (QED) is 0.713. The van der Waals surface area contributed by atoms with Gasteiger partial charge < -0.3 is 10.5 Å². The van der Waals surface area contributed by atoms with E-state index >= 15 is 0 Å². The fourth-order valence-corrected chi connectivity index (χ4v) is 2.45. The second kappa shape index (κ2) is 7.76. The van der Waals surface area contributed by atoms with Crippen LogP contribution in [0, 0.1) is 0 Å². The van der Waals surface area contributed by atoms with Crippen LogP contribution in [0.2, 0.25) is 0 Å². The van der Waals surface area contributed by atoms with Crippen molar-refractivity contribution >= 4 is 11.3 Å².